The lowest BCUT2D eigenvalue weighted by molar-refractivity contribution is -0.192. The minimum atomic E-state index is -5.08. The van der Waals surface area contributed by atoms with Gasteiger partial charge in [0.05, 0.1) is 12.1 Å². The zero-order valence-electron chi connectivity index (χ0n) is 24.2. The highest BCUT2D eigenvalue weighted by Gasteiger charge is 2.38. The van der Waals surface area contributed by atoms with Gasteiger partial charge in [0.2, 0.25) is 5.91 Å². The predicted octanol–water partition coefficient (Wildman–Crippen LogP) is 4.74. The van der Waals surface area contributed by atoms with E-state index in [1.165, 1.54) is 16.7 Å². The van der Waals surface area contributed by atoms with Gasteiger partial charge in [-0.1, -0.05) is 36.4 Å². The minimum absolute atomic E-state index is 0.0659. The number of nitrogens with two attached hydrogens (primary N) is 1. The maximum absolute atomic E-state index is 13.1. The first-order valence-corrected chi connectivity index (χ1v) is 14.1. The molecule has 43 heavy (non-hydrogen) atoms. The second kappa shape index (κ2) is 13.5. The van der Waals surface area contributed by atoms with E-state index in [1.54, 1.807) is 12.1 Å². The molecule has 230 valence electrons. The van der Waals surface area contributed by atoms with Gasteiger partial charge >= 0.3 is 12.1 Å². The Morgan fingerprint density at radius 3 is 2.40 bits per heavy atom. The molecule has 2 aliphatic rings. The molecular weight excluding hydrogens is 561 g/mol. The standard InChI is InChI=1S/C30H36N4O2.C2HF3O2/c1-19-13-24(35)14-20(2)25(19)16-27(31)30(36)33-29-9-11-32-28-8-7-21(15-26(28)29)17-34-12-10-22-5-3-4-6-23(22)18-34;3-2(4,5)1(6)7/h3-8,13-15,27,29,32,35H,9-12,16-18,31H2,1-2H3,(H,33,36);(H,6,7)/t27-,29+;/m0./s1. The molecule has 3 aromatic rings. The molecule has 2 atom stereocenters. The number of rotatable bonds is 6. The number of aliphatic carboxylic acids is 1. The highest BCUT2D eigenvalue weighted by atomic mass is 19.4. The van der Waals surface area contributed by atoms with Crippen LogP contribution in [0.2, 0.25) is 0 Å². The Balaban J connectivity index is 0.000000541. The summed E-state index contributed by atoms with van der Waals surface area (Å²) in [4.78, 5) is 24.5. The maximum Gasteiger partial charge on any atom is 0.490 e. The van der Waals surface area contributed by atoms with E-state index in [9.17, 15) is 23.1 Å². The molecule has 0 saturated heterocycles. The van der Waals surface area contributed by atoms with Crippen molar-refractivity contribution in [3.05, 3.63) is 93.5 Å². The van der Waals surface area contributed by atoms with Crippen molar-refractivity contribution >= 4 is 17.6 Å². The number of aromatic hydroxyl groups is 1. The van der Waals surface area contributed by atoms with Gasteiger partial charge < -0.3 is 26.6 Å². The summed E-state index contributed by atoms with van der Waals surface area (Å²) in [6.45, 7) is 7.61. The quantitative estimate of drug-likeness (QED) is 0.277. The Morgan fingerprint density at radius 1 is 1.09 bits per heavy atom. The molecule has 0 spiro atoms. The number of aryl methyl sites for hydroxylation is 2. The van der Waals surface area contributed by atoms with E-state index in [-0.39, 0.29) is 17.7 Å². The third-order valence-corrected chi connectivity index (χ3v) is 7.86. The second-order valence-corrected chi connectivity index (χ2v) is 11.1. The Bertz CT molecular complexity index is 1450. The highest BCUT2D eigenvalue weighted by Crippen LogP contribution is 2.32. The van der Waals surface area contributed by atoms with Crippen LogP contribution in [0.4, 0.5) is 18.9 Å². The molecule has 3 aromatic carbocycles. The zero-order chi connectivity index (χ0) is 31.3. The van der Waals surface area contributed by atoms with Gasteiger partial charge in [0.25, 0.3) is 0 Å². The van der Waals surface area contributed by atoms with Crippen molar-refractivity contribution < 1.29 is 33.0 Å². The van der Waals surface area contributed by atoms with Crippen LogP contribution in [0.15, 0.2) is 54.6 Å². The lowest BCUT2D eigenvalue weighted by atomic mass is 9.93. The summed E-state index contributed by atoms with van der Waals surface area (Å²) in [5, 5.41) is 23.6. The number of hydrogen-bond acceptors (Lipinski definition) is 6. The molecule has 5 rings (SSSR count). The fourth-order valence-corrected chi connectivity index (χ4v) is 5.65. The zero-order valence-corrected chi connectivity index (χ0v) is 24.2. The van der Waals surface area contributed by atoms with E-state index in [2.05, 4.69) is 58.0 Å². The van der Waals surface area contributed by atoms with Gasteiger partial charge in [0.15, 0.2) is 0 Å². The molecule has 0 unspecified atom stereocenters. The smallest absolute Gasteiger partial charge is 0.490 e. The topological polar surface area (TPSA) is 128 Å². The van der Waals surface area contributed by atoms with Gasteiger partial charge in [-0.2, -0.15) is 13.2 Å². The van der Waals surface area contributed by atoms with Crippen molar-refractivity contribution in [2.45, 2.75) is 64.5 Å². The van der Waals surface area contributed by atoms with Crippen molar-refractivity contribution in [3.63, 3.8) is 0 Å². The first kappa shape index (κ1) is 31.8. The number of hydrogen-bond donors (Lipinski definition) is 5. The fourth-order valence-electron chi connectivity index (χ4n) is 5.65. The number of fused-ring (bicyclic) bond motifs is 2. The van der Waals surface area contributed by atoms with Gasteiger partial charge in [-0.3, -0.25) is 9.69 Å². The van der Waals surface area contributed by atoms with E-state index in [0.717, 1.165) is 67.0 Å². The number of anilines is 1. The van der Waals surface area contributed by atoms with E-state index in [0.29, 0.717) is 6.42 Å². The number of carboxylic acid groups (broad SMARTS) is 1. The molecule has 0 saturated carbocycles. The van der Waals surface area contributed by atoms with Gasteiger partial charge in [-0.15, -0.1) is 0 Å². The first-order valence-electron chi connectivity index (χ1n) is 14.1. The van der Waals surface area contributed by atoms with Crippen molar-refractivity contribution in [1.29, 1.82) is 0 Å². The Hall–Kier alpha value is -4.09. The van der Waals surface area contributed by atoms with Crippen LogP contribution in [-0.4, -0.2) is 52.3 Å². The Morgan fingerprint density at radius 2 is 1.74 bits per heavy atom. The fraction of sp³-hybridized carbons (Fsp3) is 0.375. The SMILES string of the molecule is Cc1cc(O)cc(C)c1C[C@H](N)C(=O)N[C@@H]1CCNc2ccc(CN3CCc4ccccc4C3)cc21.O=C(O)C(F)(F)F. The molecule has 0 radical (unpaired) electrons. The molecule has 0 bridgehead atoms. The summed E-state index contributed by atoms with van der Waals surface area (Å²) < 4.78 is 31.7. The molecular formula is C32H37F3N4O4. The first-order chi connectivity index (χ1) is 20.3. The monoisotopic (exact) mass is 598 g/mol. The van der Waals surface area contributed by atoms with Gasteiger partial charge in [0, 0.05) is 31.9 Å². The summed E-state index contributed by atoms with van der Waals surface area (Å²) in [7, 11) is 0. The summed E-state index contributed by atoms with van der Waals surface area (Å²) in [6, 6.07) is 18.0. The molecule has 0 fully saturated rings. The number of nitrogens with zero attached hydrogens (tertiary/aromatic N) is 1. The van der Waals surface area contributed by atoms with Crippen LogP contribution in [0.3, 0.4) is 0 Å². The van der Waals surface area contributed by atoms with E-state index >= 15 is 0 Å². The van der Waals surface area contributed by atoms with E-state index < -0.39 is 18.2 Å². The lowest BCUT2D eigenvalue weighted by Gasteiger charge is -2.31. The number of phenols is 1. The number of phenolic OH excluding ortho intramolecular Hbond substituents is 1. The summed E-state index contributed by atoms with van der Waals surface area (Å²) in [5.41, 5.74) is 15.6. The average molecular weight is 599 g/mol. The van der Waals surface area contributed by atoms with Gasteiger partial charge in [0.1, 0.15) is 5.75 Å². The van der Waals surface area contributed by atoms with E-state index in [1.807, 2.05) is 13.8 Å². The number of nitrogens with one attached hydrogen (secondary N) is 2. The molecule has 0 aliphatic carbocycles. The summed E-state index contributed by atoms with van der Waals surface area (Å²) in [6.07, 6.45) is -2.74. The second-order valence-electron chi connectivity index (χ2n) is 11.1. The third kappa shape index (κ3) is 8.26. The maximum atomic E-state index is 13.1. The average Bonchev–Trinajstić information content (AvgIpc) is 2.95. The molecule has 6 N–H and O–H groups in total. The van der Waals surface area contributed by atoms with Crippen LogP contribution in [0, 0.1) is 13.8 Å². The van der Waals surface area contributed by atoms with Gasteiger partial charge in [-0.05, 0) is 90.3 Å². The van der Waals surface area contributed by atoms with Crippen LogP contribution < -0.4 is 16.4 Å². The molecule has 2 heterocycles. The Kier molecular flexibility index (Phi) is 9.98. The van der Waals surface area contributed by atoms with Crippen LogP contribution in [0.1, 0.15) is 51.4 Å². The van der Waals surface area contributed by atoms with Crippen molar-refractivity contribution in [3.8, 4) is 5.75 Å². The number of alkyl halides is 3. The van der Waals surface area contributed by atoms with Crippen LogP contribution in [0.25, 0.3) is 0 Å². The van der Waals surface area contributed by atoms with Crippen molar-refractivity contribution in [1.82, 2.24) is 10.2 Å². The Labute approximate surface area is 248 Å². The molecule has 8 nitrogen and oxygen atoms in total. The summed E-state index contributed by atoms with van der Waals surface area (Å²) in [5.74, 6) is -2.66. The minimum Gasteiger partial charge on any atom is -0.508 e. The molecule has 11 heteroatoms. The van der Waals surface area contributed by atoms with Crippen LogP contribution >= 0.6 is 0 Å². The summed E-state index contributed by atoms with van der Waals surface area (Å²) >= 11 is 0. The third-order valence-electron chi connectivity index (χ3n) is 7.86. The normalized spacial score (nSPS) is 16.9. The number of benzene rings is 3. The highest BCUT2D eigenvalue weighted by molar-refractivity contribution is 5.82. The van der Waals surface area contributed by atoms with E-state index in [4.69, 9.17) is 15.6 Å². The van der Waals surface area contributed by atoms with Crippen LogP contribution in [0.5, 0.6) is 5.75 Å². The number of halogens is 3. The largest absolute Gasteiger partial charge is 0.508 e. The van der Waals surface area contributed by atoms with Crippen LogP contribution in [-0.2, 0) is 35.5 Å². The molecule has 1 amide bonds. The predicted molar refractivity (Wildman–Crippen MR) is 158 cm³/mol. The number of amides is 1. The number of carboxylic acids is 1. The number of carbonyl (C=O) groups excluding carboxylic acids is 1. The van der Waals surface area contributed by atoms with Crippen molar-refractivity contribution in [2.75, 3.05) is 18.4 Å². The molecule has 2 aliphatic heterocycles. The van der Waals surface area contributed by atoms with Crippen molar-refractivity contribution in [2.24, 2.45) is 5.73 Å². The lowest BCUT2D eigenvalue weighted by Crippen LogP contribution is -2.44. The number of carbonyl (C=O) groups is 2. The van der Waals surface area contributed by atoms with Gasteiger partial charge in [-0.25, -0.2) is 4.79 Å². The molecule has 0 aromatic heterocycles.